The van der Waals surface area contributed by atoms with Crippen molar-refractivity contribution in [2.75, 3.05) is 0 Å². The Kier molecular flexibility index (Phi) is 4.78. The number of aryl methyl sites for hydroxylation is 1. The number of rotatable bonds is 3. The zero-order valence-electron chi connectivity index (χ0n) is 15.9. The van der Waals surface area contributed by atoms with Crippen LogP contribution in [0, 0.1) is 13.8 Å². The van der Waals surface area contributed by atoms with Crippen molar-refractivity contribution < 1.29 is 18.3 Å². The minimum absolute atomic E-state index is 0.109. The van der Waals surface area contributed by atoms with Crippen LogP contribution in [0.25, 0.3) is 10.2 Å². The number of hydrogen-bond donors (Lipinski definition) is 1. The molecule has 0 saturated heterocycles. The molecule has 0 aliphatic heterocycles. The van der Waals surface area contributed by atoms with Crippen molar-refractivity contribution in [2.45, 2.75) is 63.8 Å². The van der Waals surface area contributed by atoms with Gasteiger partial charge in [0.25, 0.3) is 0 Å². The lowest BCUT2D eigenvalue weighted by molar-refractivity contribution is -0.248. The van der Waals surface area contributed by atoms with Crippen molar-refractivity contribution >= 4 is 21.6 Å². The number of benzene rings is 1. The summed E-state index contributed by atoms with van der Waals surface area (Å²) in [7, 11) is 0. The molecule has 150 valence electrons. The van der Waals surface area contributed by atoms with Gasteiger partial charge in [-0.05, 0) is 44.9 Å². The summed E-state index contributed by atoms with van der Waals surface area (Å²) in [6.07, 6.45) is 0.372. The minimum Gasteiger partial charge on any atom is -0.370 e. The second-order valence-corrected chi connectivity index (χ2v) is 8.67. The second-order valence-electron chi connectivity index (χ2n) is 7.64. The topological polar surface area (TPSA) is 38.1 Å². The molecule has 1 N–H and O–H groups in total. The summed E-state index contributed by atoms with van der Waals surface area (Å²) in [5.41, 5.74) is -1.54. The fourth-order valence-corrected chi connectivity index (χ4v) is 5.55. The van der Waals surface area contributed by atoms with Crippen molar-refractivity contribution in [2.24, 2.45) is 0 Å². The SMILES string of the molecule is Cc1cc(C(O)(c2nc3ccccc3s2)C(F)(F)F)c(C)n1C1CCCCC1. The Labute approximate surface area is 165 Å². The van der Waals surface area contributed by atoms with Gasteiger partial charge in [-0.3, -0.25) is 0 Å². The highest BCUT2D eigenvalue weighted by Gasteiger charge is 2.59. The van der Waals surface area contributed by atoms with Crippen molar-refractivity contribution in [3.8, 4) is 0 Å². The zero-order valence-corrected chi connectivity index (χ0v) is 16.7. The molecule has 1 atom stereocenters. The number of fused-ring (bicyclic) bond motifs is 1. The van der Waals surface area contributed by atoms with Gasteiger partial charge in [0.2, 0.25) is 5.60 Å². The molecule has 1 aromatic carbocycles. The third-order valence-electron chi connectivity index (χ3n) is 5.83. The molecule has 1 aliphatic carbocycles. The lowest BCUT2D eigenvalue weighted by Crippen LogP contribution is -2.43. The van der Waals surface area contributed by atoms with Gasteiger partial charge >= 0.3 is 6.18 Å². The number of para-hydroxylation sites is 1. The number of aliphatic hydroxyl groups is 1. The Hall–Kier alpha value is -1.86. The number of aromatic nitrogens is 2. The van der Waals surface area contributed by atoms with E-state index >= 15 is 0 Å². The van der Waals surface area contributed by atoms with Crippen LogP contribution in [0.1, 0.15) is 60.1 Å². The van der Waals surface area contributed by atoms with Gasteiger partial charge in [0.15, 0.2) is 0 Å². The predicted molar refractivity (Wildman–Crippen MR) is 105 cm³/mol. The van der Waals surface area contributed by atoms with Gasteiger partial charge in [-0.25, -0.2) is 4.98 Å². The van der Waals surface area contributed by atoms with E-state index in [1.165, 1.54) is 12.5 Å². The van der Waals surface area contributed by atoms with Gasteiger partial charge in [0.1, 0.15) is 5.01 Å². The lowest BCUT2D eigenvalue weighted by atomic mass is 9.92. The molecular formula is C21H23F3N2OS. The Morgan fingerprint density at radius 1 is 1.11 bits per heavy atom. The van der Waals surface area contributed by atoms with Crippen LogP contribution in [0.3, 0.4) is 0 Å². The molecule has 1 fully saturated rings. The van der Waals surface area contributed by atoms with Gasteiger partial charge in [-0.1, -0.05) is 31.4 Å². The Morgan fingerprint density at radius 3 is 2.43 bits per heavy atom. The Morgan fingerprint density at radius 2 is 1.79 bits per heavy atom. The van der Waals surface area contributed by atoms with Crippen LogP contribution in [-0.4, -0.2) is 20.8 Å². The van der Waals surface area contributed by atoms with Crippen LogP contribution in [0.4, 0.5) is 13.2 Å². The largest absolute Gasteiger partial charge is 0.428 e. The molecule has 3 aromatic rings. The smallest absolute Gasteiger partial charge is 0.370 e. The van der Waals surface area contributed by atoms with Crippen molar-refractivity contribution in [1.82, 2.24) is 9.55 Å². The number of halogens is 3. The van der Waals surface area contributed by atoms with E-state index in [2.05, 4.69) is 4.98 Å². The maximum atomic E-state index is 14.3. The summed E-state index contributed by atoms with van der Waals surface area (Å²) in [6, 6.07) is 8.55. The first-order valence-electron chi connectivity index (χ1n) is 9.57. The van der Waals surface area contributed by atoms with E-state index in [0.717, 1.165) is 42.7 Å². The predicted octanol–water partition coefficient (Wildman–Crippen LogP) is 6.02. The summed E-state index contributed by atoms with van der Waals surface area (Å²) in [4.78, 5) is 4.16. The van der Waals surface area contributed by atoms with Gasteiger partial charge in [-0.15, -0.1) is 11.3 Å². The monoisotopic (exact) mass is 408 g/mol. The molecule has 4 rings (SSSR count). The molecule has 7 heteroatoms. The van der Waals surface area contributed by atoms with Crippen LogP contribution < -0.4 is 0 Å². The van der Waals surface area contributed by atoms with Gasteiger partial charge in [0, 0.05) is 23.0 Å². The average molecular weight is 408 g/mol. The molecule has 3 nitrogen and oxygen atoms in total. The standard InChI is InChI=1S/C21H23F3N2OS/c1-13-12-16(14(2)26(13)15-8-4-3-5-9-15)20(27,21(22,23)24)19-25-17-10-6-7-11-18(17)28-19/h6-7,10-12,15,27H,3-5,8-9H2,1-2H3. The molecule has 28 heavy (non-hydrogen) atoms. The first-order chi connectivity index (χ1) is 13.2. The first kappa shape index (κ1) is 19.5. The van der Waals surface area contributed by atoms with Crippen molar-refractivity contribution in [3.05, 3.63) is 52.3 Å². The molecule has 0 radical (unpaired) electrons. The first-order valence-corrected chi connectivity index (χ1v) is 10.4. The third kappa shape index (κ3) is 2.95. The minimum atomic E-state index is -4.88. The van der Waals surface area contributed by atoms with Crippen molar-refractivity contribution in [1.29, 1.82) is 0 Å². The van der Waals surface area contributed by atoms with Crippen LogP contribution in [0.2, 0.25) is 0 Å². The van der Waals surface area contributed by atoms with Gasteiger partial charge in [-0.2, -0.15) is 13.2 Å². The van der Waals surface area contributed by atoms with E-state index in [4.69, 9.17) is 0 Å². The Balaban J connectivity index is 1.89. The summed E-state index contributed by atoms with van der Waals surface area (Å²) >= 11 is 0.895. The normalized spacial score (nSPS) is 18.5. The van der Waals surface area contributed by atoms with E-state index in [-0.39, 0.29) is 16.6 Å². The van der Waals surface area contributed by atoms with E-state index in [9.17, 15) is 18.3 Å². The summed E-state index contributed by atoms with van der Waals surface area (Å²) in [6.45, 7) is 3.50. The Bertz CT molecular complexity index is 968. The third-order valence-corrected chi connectivity index (χ3v) is 6.97. The van der Waals surface area contributed by atoms with E-state index in [1.807, 2.05) is 11.5 Å². The highest BCUT2D eigenvalue weighted by atomic mass is 32.1. The van der Waals surface area contributed by atoms with Crippen LogP contribution in [0.5, 0.6) is 0 Å². The maximum Gasteiger partial charge on any atom is 0.428 e. The molecule has 2 aromatic heterocycles. The summed E-state index contributed by atoms with van der Waals surface area (Å²) in [5, 5.41) is 10.8. The highest BCUT2D eigenvalue weighted by molar-refractivity contribution is 7.18. The molecule has 0 amide bonds. The fraction of sp³-hybridized carbons (Fsp3) is 0.476. The molecule has 1 unspecified atom stereocenters. The molecule has 1 saturated carbocycles. The average Bonchev–Trinajstić information content (AvgIpc) is 3.22. The van der Waals surface area contributed by atoms with Crippen LogP contribution in [0.15, 0.2) is 30.3 Å². The highest BCUT2D eigenvalue weighted by Crippen LogP contribution is 2.48. The van der Waals surface area contributed by atoms with E-state index in [0.29, 0.717) is 15.9 Å². The number of alkyl halides is 3. The number of thiazole rings is 1. The van der Waals surface area contributed by atoms with E-state index < -0.39 is 11.8 Å². The molecule has 1 aliphatic rings. The van der Waals surface area contributed by atoms with Crippen LogP contribution in [-0.2, 0) is 5.60 Å². The molecule has 2 heterocycles. The summed E-state index contributed by atoms with van der Waals surface area (Å²) < 4.78 is 45.4. The maximum absolute atomic E-state index is 14.3. The van der Waals surface area contributed by atoms with Crippen molar-refractivity contribution in [3.63, 3.8) is 0 Å². The second kappa shape index (κ2) is 6.88. The zero-order chi connectivity index (χ0) is 20.1. The van der Waals surface area contributed by atoms with Gasteiger partial charge in [0.05, 0.1) is 10.2 Å². The van der Waals surface area contributed by atoms with Gasteiger partial charge < -0.3 is 9.67 Å². The lowest BCUT2D eigenvalue weighted by Gasteiger charge is -2.30. The van der Waals surface area contributed by atoms with Crippen LogP contribution >= 0.6 is 11.3 Å². The molecule has 0 bridgehead atoms. The van der Waals surface area contributed by atoms with E-state index in [1.54, 1.807) is 31.2 Å². The quantitative estimate of drug-likeness (QED) is 0.576. The number of nitrogens with zero attached hydrogens (tertiary/aromatic N) is 2. The molecule has 0 spiro atoms. The summed E-state index contributed by atoms with van der Waals surface area (Å²) in [5.74, 6) is 0. The molecular weight excluding hydrogens is 385 g/mol. The fourth-order valence-electron chi connectivity index (χ4n) is 4.46. The number of hydrogen-bond acceptors (Lipinski definition) is 3.